The molecule has 0 aliphatic carbocycles. The Bertz CT molecular complexity index is 1110. The molecule has 1 aromatic carbocycles. The number of carbonyl (C=O) groups excluding carboxylic acids is 2. The van der Waals surface area contributed by atoms with Crippen LogP contribution in [0.1, 0.15) is 40.9 Å². The summed E-state index contributed by atoms with van der Waals surface area (Å²) in [6, 6.07) is 7.50. The van der Waals surface area contributed by atoms with Gasteiger partial charge in [-0.25, -0.2) is 14.1 Å². The van der Waals surface area contributed by atoms with Crippen LogP contribution in [-0.2, 0) is 29.0 Å². The number of nitrogens with one attached hydrogen (secondary N) is 2. The first-order valence-electron chi connectivity index (χ1n) is 11.2. The van der Waals surface area contributed by atoms with E-state index >= 15 is 0 Å². The van der Waals surface area contributed by atoms with Crippen molar-refractivity contribution in [3.63, 3.8) is 0 Å². The normalized spacial score (nSPS) is 11.9. The standard InChI is InChI=1S/C23H30FN7O3/c1-4-34-12-10-18-13-16(2)31(28-18)11-9-20(22(32)25-3)27-23(33)21-26-15-30(29-21)14-17-7-5-6-8-19(17)24/h5-8,13,15,20H,4,9-12,14H2,1-3H3,(H,25,32)(H,27,33)/t20-/m0/s1. The Morgan fingerprint density at radius 3 is 2.76 bits per heavy atom. The van der Waals surface area contributed by atoms with Crippen LogP contribution >= 0.6 is 0 Å². The zero-order valence-corrected chi connectivity index (χ0v) is 19.6. The van der Waals surface area contributed by atoms with Crippen LogP contribution in [0.5, 0.6) is 0 Å². The third-order valence-electron chi connectivity index (χ3n) is 5.27. The minimum atomic E-state index is -0.800. The van der Waals surface area contributed by atoms with Gasteiger partial charge in [-0.05, 0) is 32.4 Å². The summed E-state index contributed by atoms with van der Waals surface area (Å²) in [5.74, 6) is -1.38. The molecule has 0 saturated heterocycles. The van der Waals surface area contributed by atoms with Crippen molar-refractivity contribution in [3.8, 4) is 0 Å². The molecule has 1 atom stereocenters. The Labute approximate surface area is 197 Å². The van der Waals surface area contributed by atoms with E-state index in [2.05, 4.69) is 25.8 Å². The van der Waals surface area contributed by atoms with Gasteiger partial charge in [0.2, 0.25) is 11.7 Å². The number of carbonyl (C=O) groups is 2. The molecule has 10 nitrogen and oxygen atoms in total. The first-order chi connectivity index (χ1) is 16.4. The number of nitrogens with zero attached hydrogens (tertiary/aromatic N) is 5. The van der Waals surface area contributed by atoms with E-state index in [9.17, 15) is 14.0 Å². The molecule has 0 unspecified atom stereocenters. The monoisotopic (exact) mass is 471 g/mol. The molecule has 0 saturated carbocycles. The number of hydrogen-bond acceptors (Lipinski definition) is 6. The lowest BCUT2D eigenvalue weighted by molar-refractivity contribution is -0.122. The number of aryl methyl sites for hydroxylation is 2. The van der Waals surface area contributed by atoms with Crippen molar-refractivity contribution in [2.24, 2.45) is 0 Å². The Hall–Kier alpha value is -3.60. The maximum atomic E-state index is 13.9. The van der Waals surface area contributed by atoms with Crippen LogP contribution < -0.4 is 10.6 Å². The van der Waals surface area contributed by atoms with Crippen molar-refractivity contribution in [2.75, 3.05) is 20.3 Å². The molecule has 34 heavy (non-hydrogen) atoms. The fourth-order valence-electron chi connectivity index (χ4n) is 3.44. The SMILES string of the molecule is CCOCCc1cc(C)n(CC[C@H](NC(=O)c2ncn(Cc3ccccc3F)n2)C(=O)NC)n1. The smallest absolute Gasteiger partial charge is 0.291 e. The van der Waals surface area contributed by atoms with Crippen molar-refractivity contribution < 1.29 is 18.7 Å². The van der Waals surface area contributed by atoms with Crippen LogP contribution in [0.25, 0.3) is 0 Å². The Balaban J connectivity index is 1.61. The van der Waals surface area contributed by atoms with E-state index < -0.39 is 11.9 Å². The summed E-state index contributed by atoms with van der Waals surface area (Å²) in [7, 11) is 1.51. The van der Waals surface area contributed by atoms with E-state index in [1.165, 1.54) is 24.1 Å². The lowest BCUT2D eigenvalue weighted by Gasteiger charge is -2.17. The van der Waals surface area contributed by atoms with Crippen LogP contribution in [0.2, 0.25) is 0 Å². The fraction of sp³-hybridized carbons (Fsp3) is 0.435. The highest BCUT2D eigenvalue weighted by Crippen LogP contribution is 2.09. The Morgan fingerprint density at radius 2 is 2.03 bits per heavy atom. The molecule has 0 aliphatic rings. The second-order valence-corrected chi connectivity index (χ2v) is 7.73. The summed E-state index contributed by atoms with van der Waals surface area (Å²) in [5, 5.41) is 13.9. The van der Waals surface area contributed by atoms with E-state index in [0.29, 0.717) is 38.2 Å². The quantitative estimate of drug-likeness (QED) is 0.387. The predicted octanol–water partition coefficient (Wildman–Crippen LogP) is 1.48. The summed E-state index contributed by atoms with van der Waals surface area (Å²) in [6.07, 6.45) is 2.39. The van der Waals surface area contributed by atoms with Gasteiger partial charge >= 0.3 is 0 Å². The molecular weight excluding hydrogens is 441 g/mol. The number of amides is 2. The van der Waals surface area contributed by atoms with Crippen molar-refractivity contribution in [1.29, 1.82) is 0 Å². The number of benzene rings is 1. The average molecular weight is 472 g/mol. The maximum Gasteiger partial charge on any atom is 0.291 e. The van der Waals surface area contributed by atoms with Gasteiger partial charge in [0.1, 0.15) is 18.2 Å². The topological polar surface area (TPSA) is 116 Å². The van der Waals surface area contributed by atoms with Crippen molar-refractivity contribution >= 4 is 11.8 Å². The third-order valence-corrected chi connectivity index (χ3v) is 5.27. The lowest BCUT2D eigenvalue weighted by Crippen LogP contribution is -2.46. The predicted molar refractivity (Wildman–Crippen MR) is 123 cm³/mol. The number of rotatable bonds is 12. The van der Waals surface area contributed by atoms with Gasteiger partial charge in [-0.3, -0.25) is 14.3 Å². The Morgan fingerprint density at radius 1 is 1.24 bits per heavy atom. The molecule has 0 radical (unpaired) electrons. The molecule has 2 aromatic heterocycles. The molecule has 0 aliphatic heterocycles. The molecule has 182 valence electrons. The van der Waals surface area contributed by atoms with Gasteiger partial charge < -0.3 is 15.4 Å². The molecule has 0 bridgehead atoms. The second kappa shape index (κ2) is 12.0. The number of ether oxygens (including phenoxy) is 1. The van der Waals surface area contributed by atoms with E-state index in [0.717, 1.165) is 11.4 Å². The van der Waals surface area contributed by atoms with E-state index in [1.54, 1.807) is 18.2 Å². The number of halogens is 1. The summed E-state index contributed by atoms with van der Waals surface area (Å²) in [5.41, 5.74) is 2.30. The lowest BCUT2D eigenvalue weighted by atomic mass is 10.2. The van der Waals surface area contributed by atoms with Gasteiger partial charge in [-0.15, -0.1) is 5.10 Å². The fourth-order valence-corrected chi connectivity index (χ4v) is 3.44. The minimum Gasteiger partial charge on any atom is -0.381 e. The summed E-state index contributed by atoms with van der Waals surface area (Å²) >= 11 is 0. The van der Waals surface area contributed by atoms with Crippen LogP contribution in [0.15, 0.2) is 36.7 Å². The van der Waals surface area contributed by atoms with Gasteiger partial charge in [0.25, 0.3) is 5.91 Å². The first-order valence-corrected chi connectivity index (χ1v) is 11.2. The van der Waals surface area contributed by atoms with Gasteiger partial charge in [0, 0.05) is 37.9 Å². The summed E-state index contributed by atoms with van der Waals surface area (Å²) < 4.78 is 22.4. The van der Waals surface area contributed by atoms with Gasteiger partial charge in [0.05, 0.1) is 18.8 Å². The minimum absolute atomic E-state index is 0.0984. The highest BCUT2D eigenvalue weighted by molar-refractivity contribution is 5.94. The average Bonchev–Trinajstić information content (AvgIpc) is 3.44. The summed E-state index contributed by atoms with van der Waals surface area (Å²) in [6.45, 7) is 5.71. The van der Waals surface area contributed by atoms with Crippen LogP contribution in [0.4, 0.5) is 4.39 Å². The number of hydrogen-bond donors (Lipinski definition) is 2. The summed E-state index contributed by atoms with van der Waals surface area (Å²) in [4.78, 5) is 29.1. The molecule has 2 N–H and O–H groups in total. The van der Waals surface area contributed by atoms with Gasteiger partial charge in [0.15, 0.2) is 0 Å². The molecule has 3 aromatic rings. The largest absolute Gasteiger partial charge is 0.381 e. The van der Waals surface area contributed by atoms with Gasteiger partial charge in [-0.2, -0.15) is 5.10 Å². The first kappa shape index (κ1) is 25.0. The van der Waals surface area contributed by atoms with E-state index in [1.807, 2.05) is 24.6 Å². The number of aromatic nitrogens is 5. The third kappa shape index (κ3) is 6.70. The number of likely N-dealkylation sites (N-methyl/N-ethyl adjacent to an activating group) is 1. The molecule has 0 spiro atoms. The molecule has 0 fully saturated rings. The van der Waals surface area contributed by atoms with Crippen LogP contribution in [-0.4, -0.2) is 62.7 Å². The van der Waals surface area contributed by atoms with Crippen LogP contribution in [0.3, 0.4) is 0 Å². The highest BCUT2D eigenvalue weighted by Gasteiger charge is 2.23. The maximum absolute atomic E-state index is 13.9. The molecule has 2 amide bonds. The molecule has 11 heteroatoms. The molecule has 3 rings (SSSR count). The van der Waals surface area contributed by atoms with E-state index in [-0.39, 0.29) is 24.1 Å². The Kier molecular flexibility index (Phi) is 8.86. The van der Waals surface area contributed by atoms with E-state index in [4.69, 9.17) is 4.74 Å². The van der Waals surface area contributed by atoms with Gasteiger partial charge in [-0.1, -0.05) is 18.2 Å². The van der Waals surface area contributed by atoms with Crippen molar-refractivity contribution in [3.05, 3.63) is 65.3 Å². The molecular formula is C23H30FN7O3. The highest BCUT2D eigenvalue weighted by atomic mass is 19.1. The zero-order valence-electron chi connectivity index (χ0n) is 19.6. The van der Waals surface area contributed by atoms with Crippen molar-refractivity contribution in [2.45, 2.75) is 45.8 Å². The zero-order chi connectivity index (χ0) is 24.5. The van der Waals surface area contributed by atoms with Crippen LogP contribution in [0, 0.1) is 12.7 Å². The second-order valence-electron chi connectivity index (χ2n) is 7.73. The van der Waals surface area contributed by atoms with Crippen molar-refractivity contribution in [1.82, 2.24) is 35.2 Å². The molecule has 2 heterocycles.